The monoisotopic (exact) mass is 404 g/mol. The van der Waals surface area contributed by atoms with Crippen molar-refractivity contribution in [1.82, 2.24) is 4.90 Å². The van der Waals surface area contributed by atoms with Crippen LogP contribution in [0.5, 0.6) is 0 Å². The van der Waals surface area contributed by atoms with Gasteiger partial charge in [-0.15, -0.1) is 0 Å². The number of rotatable bonds is 5. The van der Waals surface area contributed by atoms with Gasteiger partial charge in [-0.2, -0.15) is 0 Å². The SMILES string of the molecule is COC(=O)c1ccc(Cl)c(NC(=O)C2CCN(Cc3ccc(F)cc3)CC2)c1. The number of nitrogens with zero attached hydrogens (tertiary/aromatic N) is 1. The quantitative estimate of drug-likeness (QED) is 0.762. The van der Waals surface area contributed by atoms with E-state index in [1.165, 1.54) is 25.3 Å². The molecule has 0 saturated carbocycles. The fourth-order valence-corrected chi connectivity index (χ4v) is 3.47. The molecule has 7 heteroatoms. The zero-order valence-corrected chi connectivity index (χ0v) is 16.3. The molecule has 1 N–H and O–H groups in total. The predicted molar refractivity (Wildman–Crippen MR) is 106 cm³/mol. The first-order valence-electron chi connectivity index (χ1n) is 9.12. The molecule has 0 aromatic heterocycles. The lowest BCUT2D eigenvalue weighted by Crippen LogP contribution is -2.37. The molecule has 1 aliphatic heterocycles. The van der Waals surface area contributed by atoms with E-state index < -0.39 is 5.97 Å². The molecule has 2 aromatic rings. The Kier molecular flexibility index (Phi) is 6.65. The molecule has 5 nitrogen and oxygen atoms in total. The molecule has 1 amide bonds. The summed E-state index contributed by atoms with van der Waals surface area (Å²) in [5.41, 5.74) is 1.79. The van der Waals surface area contributed by atoms with Crippen LogP contribution in [0.15, 0.2) is 42.5 Å². The van der Waals surface area contributed by atoms with E-state index in [-0.39, 0.29) is 17.6 Å². The van der Waals surface area contributed by atoms with E-state index in [0.29, 0.717) is 16.3 Å². The summed E-state index contributed by atoms with van der Waals surface area (Å²) in [4.78, 5) is 26.5. The second-order valence-electron chi connectivity index (χ2n) is 6.85. The summed E-state index contributed by atoms with van der Waals surface area (Å²) in [6.07, 6.45) is 1.45. The van der Waals surface area contributed by atoms with Crippen LogP contribution in [-0.2, 0) is 16.1 Å². The van der Waals surface area contributed by atoms with Crippen molar-refractivity contribution < 1.29 is 18.7 Å². The van der Waals surface area contributed by atoms with Crippen molar-refractivity contribution in [2.45, 2.75) is 19.4 Å². The molecule has 148 valence electrons. The van der Waals surface area contributed by atoms with E-state index in [0.717, 1.165) is 38.0 Å². The molecular formula is C21H22ClFN2O3. The first kappa shape index (κ1) is 20.3. The van der Waals surface area contributed by atoms with Crippen LogP contribution < -0.4 is 5.32 Å². The van der Waals surface area contributed by atoms with Crippen molar-refractivity contribution in [2.75, 3.05) is 25.5 Å². The molecule has 0 bridgehead atoms. The minimum Gasteiger partial charge on any atom is -0.465 e. The molecule has 0 radical (unpaired) electrons. The van der Waals surface area contributed by atoms with Gasteiger partial charge in [-0.3, -0.25) is 9.69 Å². The highest BCUT2D eigenvalue weighted by atomic mass is 35.5. The molecular weight excluding hydrogens is 383 g/mol. The Morgan fingerprint density at radius 1 is 1.18 bits per heavy atom. The Balaban J connectivity index is 1.55. The van der Waals surface area contributed by atoms with Gasteiger partial charge in [0.25, 0.3) is 0 Å². The number of halogens is 2. The first-order chi connectivity index (χ1) is 13.5. The van der Waals surface area contributed by atoms with Crippen molar-refractivity contribution in [3.05, 3.63) is 64.4 Å². The fourth-order valence-electron chi connectivity index (χ4n) is 3.30. The smallest absolute Gasteiger partial charge is 0.337 e. The number of benzene rings is 2. The topological polar surface area (TPSA) is 58.6 Å². The number of esters is 1. The van der Waals surface area contributed by atoms with Gasteiger partial charge in [0.15, 0.2) is 0 Å². The largest absolute Gasteiger partial charge is 0.465 e. The Hall–Kier alpha value is -2.44. The summed E-state index contributed by atoms with van der Waals surface area (Å²) >= 11 is 6.15. The number of carbonyl (C=O) groups excluding carboxylic acids is 2. The Morgan fingerprint density at radius 3 is 2.50 bits per heavy atom. The first-order valence-corrected chi connectivity index (χ1v) is 9.49. The number of anilines is 1. The summed E-state index contributed by atoms with van der Waals surface area (Å²) in [5, 5.41) is 3.20. The van der Waals surface area contributed by atoms with Crippen molar-refractivity contribution >= 4 is 29.2 Å². The Labute approximate surface area is 168 Å². The summed E-state index contributed by atoms with van der Waals surface area (Å²) in [7, 11) is 1.30. The highest BCUT2D eigenvalue weighted by molar-refractivity contribution is 6.33. The van der Waals surface area contributed by atoms with Gasteiger partial charge < -0.3 is 10.1 Å². The van der Waals surface area contributed by atoms with Crippen molar-refractivity contribution in [2.24, 2.45) is 5.92 Å². The molecule has 28 heavy (non-hydrogen) atoms. The lowest BCUT2D eigenvalue weighted by atomic mass is 9.95. The van der Waals surface area contributed by atoms with Crippen LogP contribution in [0.2, 0.25) is 5.02 Å². The molecule has 0 aliphatic carbocycles. The number of likely N-dealkylation sites (tertiary alicyclic amines) is 1. The molecule has 2 aromatic carbocycles. The van der Waals surface area contributed by atoms with Gasteiger partial charge in [0.05, 0.1) is 23.4 Å². The standard InChI is InChI=1S/C21H22ClFN2O3/c1-28-21(27)16-4-7-18(22)19(12-16)24-20(26)15-8-10-25(11-9-15)13-14-2-5-17(23)6-3-14/h2-7,12,15H,8-11,13H2,1H3,(H,24,26). The van der Waals surface area contributed by atoms with Crippen LogP contribution in [0, 0.1) is 11.7 Å². The van der Waals surface area contributed by atoms with Crippen LogP contribution in [0.3, 0.4) is 0 Å². The maximum Gasteiger partial charge on any atom is 0.337 e. The number of hydrogen-bond acceptors (Lipinski definition) is 4. The predicted octanol–water partition coefficient (Wildman–Crippen LogP) is 4.12. The van der Waals surface area contributed by atoms with Crippen LogP contribution in [0.1, 0.15) is 28.8 Å². The molecule has 0 unspecified atom stereocenters. The fraction of sp³-hybridized carbons (Fsp3) is 0.333. The van der Waals surface area contributed by atoms with Crippen LogP contribution in [0.25, 0.3) is 0 Å². The van der Waals surface area contributed by atoms with Gasteiger partial charge in [0, 0.05) is 12.5 Å². The molecule has 1 saturated heterocycles. The minimum absolute atomic E-state index is 0.106. The van der Waals surface area contributed by atoms with Crippen molar-refractivity contribution in [3.8, 4) is 0 Å². The second-order valence-corrected chi connectivity index (χ2v) is 7.26. The average molecular weight is 405 g/mol. The number of carbonyl (C=O) groups is 2. The van der Waals surface area contributed by atoms with Gasteiger partial charge in [-0.25, -0.2) is 9.18 Å². The lowest BCUT2D eigenvalue weighted by molar-refractivity contribution is -0.121. The summed E-state index contributed by atoms with van der Waals surface area (Å²) < 4.78 is 17.7. The molecule has 1 heterocycles. The Bertz CT molecular complexity index is 849. The molecule has 0 spiro atoms. The van der Waals surface area contributed by atoms with Gasteiger partial charge in [-0.1, -0.05) is 23.7 Å². The van der Waals surface area contributed by atoms with Crippen LogP contribution >= 0.6 is 11.6 Å². The summed E-state index contributed by atoms with van der Waals surface area (Å²) in [6.45, 7) is 2.30. The third-order valence-electron chi connectivity index (χ3n) is 4.92. The minimum atomic E-state index is -0.485. The zero-order chi connectivity index (χ0) is 20.1. The number of piperidine rings is 1. The third kappa shape index (κ3) is 5.09. The second kappa shape index (κ2) is 9.17. The lowest BCUT2D eigenvalue weighted by Gasteiger charge is -2.31. The van der Waals surface area contributed by atoms with Gasteiger partial charge >= 0.3 is 5.97 Å². The van der Waals surface area contributed by atoms with Gasteiger partial charge in [0.1, 0.15) is 5.82 Å². The van der Waals surface area contributed by atoms with Crippen LogP contribution in [-0.4, -0.2) is 37.0 Å². The van der Waals surface area contributed by atoms with Crippen molar-refractivity contribution in [3.63, 3.8) is 0 Å². The van der Waals surface area contributed by atoms with Crippen LogP contribution in [0.4, 0.5) is 10.1 Å². The Morgan fingerprint density at radius 2 is 1.86 bits per heavy atom. The zero-order valence-electron chi connectivity index (χ0n) is 15.6. The summed E-state index contributed by atoms with van der Waals surface area (Å²) in [6, 6.07) is 11.1. The summed E-state index contributed by atoms with van der Waals surface area (Å²) in [5.74, 6) is -0.956. The van der Waals surface area contributed by atoms with E-state index in [2.05, 4.69) is 10.2 Å². The van der Waals surface area contributed by atoms with Gasteiger partial charge in [0.2, 0.25) is 5.91 Å². The maximum absolute atomic E-state index is 13.0. The number of ether oxygens (including phenoxy) is 1. The van der Waals surface area contributed by atoms with E-state index in [4.69, 9.17) is 16.3 Å². The normalized spacial score (nSPS) is 15.2. The maximum atomic E-state index is 13.0. The van der Waals surface area contributed by atoms with E-state index in [1.54, 1.807) is 24.3 Å². The van der Waals surface area contributed by atoms with Crippen molar-refractivity contribution in [1.29, 1.82) is 0 Å². The van der Waals surface area contributed by atoms with Gasteiger partial charge in [-0.05, 0) is 61.8 Å². The molecule has 0 atom stereocenters. The number of methoxy groups -OCH3 is 1. The van der Waals surface area contributed by atoms with E-state index in [1.807, 2.05) is 0 Å². The number of amides is 1. The highest BCUT2D eigenvalue weighted by Crippen LogP contribution is 2.26. The molecule has 1 fully saturated rings. The van der Waals surface area contributed by atoms with E-state index in [9.17, 15) is 14.0 Å². The number of hydrogen-bond donors (Lipinski definition) is 1. The average Bonchev–Trinajstić information content (AvgIpc) is 2.71. The molecule has 3 rings (SSSR count). The van der Waals surface area contributed by atoms with E-state index >= 15 is 0 Å². The highest BCUT2D eigenvalue weighted by Gasteiger charge is 2.25. The number of nitrogens with one attached hydrogen (secondary N) is 1. The molecule has 1 aliphatic rings. The third-order valence-corrected chi connectivity index (χ3v) is 5.25.